The van der Waals surface area contributed by atoms with Crippen LogP contribution in [0.2, 0.25) is 18.1 Å². The first-order chi connectivity index (χ1) is 13.8. The first-order valence-electron chi connectivity index (χ1n) is 10.1. The van der Waals surface area contributed by atoms with Crippen LogP contribution in [0.5, 0.6) is 0 Å². The summed E-state index contributed by atoms with van der Waals surface area (Å²) in [6, 6.07) is 0. The lowest BCUT2D eigenvalue weighted by Gasteiger charge is -2.36. The fraction of sp³-hybridized carbons (Fsp3) is 0.947. The molecule has 0 aromatic rings. The van der Waals surface area contributed by atoms with Gasteiger partial charge in [0.15, 0.2) is 8.32 Å². The summed E-state index contributed by atoms with van der Waals surface area (Å²) in [5.41, 5.74) is 0. The molecule has 0 aromatic heterocycles. The minimum Gasteiger partial charge on any atom is -0.414 e. The number of amides is 1. The second-order valence-corrected chi connectivity index (χ2v) is 13.1. The Morgan fingerprint density at radius 3 is 1.50 bits per heavy atom. The predicted octanol–water partition coefficient (Wildman–Crippen LogP) is 3.10. The molecule has 0 rings (SSSR count). The number of rotatable bonds is 16. The van der Waals surface area contributed by atoms with Crippen molar-refractivity contribution >= 4 is 14.2 Å². The second kappa shape index (κ2) is 14.4. The smallest absolute Gasteiger partial charge is 0.414 e. The maximum atomic E-state index is 12.2. The summed E-state index contributed by atoms with van der Waals surface area (Å²) in [7, 11) is -0.645. The highest BCUT2D eigenvalue weighted by Gasteiger charge is 2.41. The van der Waals surface area contributed by atoms with Gasteiger partial charge in [-0.1, -0.05) is 20.8 Å². The van der Waals surface area contributed by atoms with Gasteiger partial charge in [0.25, 0.3) is 0 Å². The highest BCUT2D eigenvalue weighted by Crippen LogP contribution is 2.36. The molecule has 30 heavy (non-hydrogen) atoms. The van der Waals surface area contributed by atoms with Gasteiger partial charge in [-0.3, -0.25) is 4.79 Å². The van der Waals surface area contributed by atoms with E-state index in [1.165, 1.54) is 0 Å². The van der Waals surface area contributed by atoms with Crippen LogP contribution in [0.3, 0.4) is 0 Å². The third-order valence-corrected chi connectivity index (χ3v) is 9.31. The fourth-order valence-corrected chi connectivity index (χ4v) is 2.88. The Balaban J connectivity index is 3.41. The van der Waals surface area contributed by atoms with E-state index >= 15 is 0 Å². The largest absolute Gasteiger partial charge is 0.471 e. The van der Waals surface area contributed by atoms with Crippen molar-refractivity contribution in [2.45, 2.75) is 45.1 Å². The maximum absolute atomic E-state index is 12.2. The van der Waals surface area contributed by atoms with E-state index in [1.807, 2.05) is 0 Å². The lowest BCUT2D eigenvalue weighted by molar-refractivity contribution is -0.184. The molecular formula is C19H38F3NO6Si. The molecule has 1 amide bonds. The van der Waals surface area contributed by atoms with Crippen LogP contribution >= 0.6 is 0 Å². The zero-order chi connectivity index (χ0) is 23.3. The van der Waals surface area contributed by atoms with Crippen molar-refractivity contribution in [1.82, 2.24) is 4.90 Å². The van der Waals surface area contributed by atoms with Crippen LogP contribution in [0.15, 0.2) is 0 Å². The summed E-state index contributed by atoms with van der Waals surface area (Å²) in [5.74, 6) is -1.88. The van der Waals surface area contributed by atoms with Crippen LogP contribution in [-0.2, 0) is 28.2 Å². The number of ether oxygens (including phenoxy) is 4. The summed E-state index contributed by atoms with van der Waals surface area (Å²) < 4.78 is 63.9. The highest BCUT2D eigenvalue weighted by molar-refractivity contribution is 6.74. The van der Waals surface area contributed by atoms with E-state index in [0.29, 0.717) is 51.1 Å². The molecule has 0 saturated heterocycles. The average Bonchev–Trinajstić information content (AvgIpc) is 2.62. The van der Waals surface area contributed by atoms with Gasteiger partial charge >= 0.3 is 12.1 Å². The van der Waals surface area contributed by atoms with Gasteiger partial charge in [-0.25, -0.2) is 0 Å². The van der Waals surface area contributed by atoms with Crippen molar-refractivity contribution in [2.75, 3.05) is 73.1 Å². The van der Waals surface area contributed by atoms with Gasteiger partial charge in [0.05, 0.1) is 59.5 Å². The molecule has 0 bridgehead atoms. The number of carbonyl (C=O) groups is 1. The number of hydrogen-bond acceptors (Lipinski definition) is 6. The topological polar surface area (TPSA) is 66.5 Å². The minimum atomic E-state index is -4.86. The van der Waals surface area contributed by atoms with Crippen LogP contribution in [0.1, 0.15) is 20.8 Å². The Hall–Kier alpha value is -0.723. The zero-order valence-corrected chi connectivity index (χ0v) is 20.1. The van der Waals surface area contributed by atoms with Crippen LogP contribution in [0.25, 0.3) is 0 Å². The van der Waals surface area contributed by atoms with E-state index in [0.717, 1.165) is 7.05 Å². The Bertz CT molecular complexity index is 472. The molecule has 0 aliphatic carbocycles. The van der Waals surface area contributed by atoms with Crippen LogP contribution in [0.4, 0.5) is 13.2 Å². The Morgan fingerprint density at radius 1 is 0.767 bits per heavy atom. The molecule has 11 heteroatoms. The molecule has 7 nitrogen and oxygen atoms in total. The standard InChI is InChI=1S/C19H38F3NO6Si/c1-18(2,3)30(5,6)29-16-15-28-14-13-27-12-11-26-10-9-25-8-7-23(4)17(24)19(20,21)22/h7-16H2,1-6H3. The number of alkyl halides is 3. The van der Waals surface area contributed by atoms with Gasteiger partial charge in [0.1, 0.15) is 0 Å². The normalized spacial score (nSPS) is 13.0. The summed E-state index contributed by atoms with van der Waals surface area (Å²) in [6.45, 7) is 14.2. The zero-order valence-electron chi connectivity index (χ0n) is 19.1. The van der Waals surface area contributed by atoms with Gasteiger partial charge in [-0.2, -0.15) is 13.2 Å². The van der Waals surface area contributed by atoms with Crippen LogP contribution in [0, 0.1) is 0 Å². The molecule has 0 spiro atoms. The molecule has 0 atom stereocenters. The Morgan fingerprint density at radius 2 is 1.13 bits per heavy atom. The minimum absolute atomic E-state index is 0.00859. The van der Waals surface area contributed by atoms with E-state index in [1.54, 1.807) is 0 Å². The number of carbonyl (C=O) groups excluding carboxylic acids is 1. The van der Waals surface area contributed by atoms with Gasteiger partial charge in [-0.15, -0.1) is 0 Å². The van der Waals surface area contributed by atoms with Gasteiger partial charge in [0.2, 0.25) is 0 Å². The van der Waals surface area contributed by atoms with Crippen LogP contribution in [-0.4, -0.2) is 98.4 Å². The molecule has 0 aromatic carbocycles. The number of nitrogens with zero attached hydrogens (tertiary/aromatic N) is 1. The monoisotopic (exact) mass is 461 g/mol. The molecule has 0 aliphatic heterocycles. The van der Waals surface area contributed by atoms with Gasteiger partial charge in [0, 0.05) is 13.6 Å². The van der Waals surface area contributed by atoms with Crippen molar-refractivity contribution < 1.29 is 41.3 Å². The van der Waals surface area contributed by atoms with E-state index in [-0.39, 0.29) is 24.8 Å². The third-order valence-electron chi connectivity index (χ3n) is 4.77. The van der Waals surface area contributed by atoms with Crippen molar-refractivity contribution in [2.24, 2.45) is 0 Å². The molecule has 0 heterocycles. The van der Waals surface area contributed by atoms with Gasteiger partial charge < -0.3 is 28.3 Å². The summed E-state index contributed by atoms with van der Waals surface area (Å²) in [5, 5.41) is 0.184. The Kier molecular flexibility index (Phi) is 14.0. The van der Waals surface area contributed by atoms with Crippen molar-refractivity contribution in [3.05, 3.63) is 0 Å². The van der Waals surface area contributed by atoms with Gasteiger partial charge in [-0.05, 0) is 18.1 Å². The number of halogens is 3. The molecule has 180 valence electrons. The van der Waals surface area contributed by atoms with Crippen molar-refractivity contribution in [3.8, 4) is 0 Å². The molecule has 0 N–H and O–H groups in total. The molecular weight excluding hydrogens is 423 g/mol. The lowest BCUT2D eigenvalue weighted by Crippen LogP contribution is -2.41. The fourth-order valence-electron chi connectivity index (χ4n) is 1.85. The van der Waals surface area contributed by atoms with E-state index in [9.17, 15) is 18.0 Å². The summed E-state index contributed by atoms with van der Waals surface area (Å²) >= 11 is 0. The highest BCUT2D eigenvalue weighted by atomic mass is 28.4. The average molecular weight is 462 g/mol. The number of likely N-dealkylation sites (N-methyl/N-ethyl adjacent to an activating group) is 1. The summed E-state index contributed by atoms with van der Waals surface area (Å²) in [4.78, 5) is 11.5. The van der Waals surface area contributed by atoms with Crippen molar-refractivity contribution in [1.29, 1.82) is 0 Å². The SMILES string of the molecule is CN(CCOCCOCCOCCOCCO[Si](C)(C)C(C)(C)C)C(=O)C(F)(F)F. The molecule has 0 aliphatic rings. The van der Waals surface area contributed by atoms with E-state index in [4.69, 9.17) is 23.4 Å². The first-order valence-corrected chi connectivity index (χ1v) is 13.0. The van der Waals surface area contributed by atoms with Crippen LogP contribution < -0.4 is 0 Å². The predicted molar refractivity (Wildman–Crippen MR) is 110 cm³/mol. The van der Waals surface area contributed by atoms with E-state index in [2.05, 4.69) is 33.9 Å². The summed E-state index contributed by atoms with van der Waals surface area (Å²) in [6.07, 6.45) is -4.86. The third kappa shape index (κ3) is 13.6. The quantitative estimate of drug-likeness (QED) is 0.260. The molecule has 0 fully saturated rings. The molecule has 0 radical (unpaired) electrons. The van der Waals surface area contributed by atoms with Crippen molar-refractivity contribution in [3.63, 3.8) is 0 Å². The second-order valence-electron chi connectivity index (χ2n) is 8.28. The molecule has 0 unspecified atom stereocenters. The van der Waals surface area contributed by atoms with E-state index < -0.39 is 20.4 Å². The number of hydrogen-bond donors (Lipinski definition) is 0. The lowest BCUT2D eigenvalue weighted by atomic mass is 10.2. The maximum Gasteiger partial charge on any atom is 0.471 e. The molecule has 0 saturated carbocycles. The first kappa shape index (κ1) is 29.3. The Labute approximate surface area is 179 Å².